The van der Waals surface area contributed by atoms with Crippen molar-refractivity contribution >= 4 is 0 Å². The second kappa shape index (κ2) is 4.18. The lowest BCUT2D eigenvalue weighted by atomic mass is 9.94. The highest BCUT2D eigenvalue weighted by Crippen LogP contribution is 2.35. The maximum atomic E-state index is 12.5. The van der Waals surface area contributed by atoms with Crippen LogP contribution in [0.15, 0.2) is 24.4 Å². The van der Waals surface area contributed by atoms with Gasteiger partial charge in [0.15, 0.2) is 5.60 Å². The Bertz CT molecular complexity index is 312. The molecule has 0 aliphatic rings. The molecule has 1 atom stereocenters. The molecule has 1 N–H and O–H groups in total. The molecule has 0 spiro atoms. The summed E-state index contributed by atoms with van der Waals surface area (Å²) in [5.74, 6) is 0. The third-order valence-electron chi connectivity index (χ3n) is 2.31. The van der Waals surface area contributed by atoms with E-state index in [4.69, 9.17) is 0 Å². The first kappa shape index (κ1) is 12.0. The fraction of sp³-hybridized carbons (Fsp3) is 0.500. The fourth-order valence-corrected chi connectivity index (χ4v) is 1.23. The van der Waals surface area contributed by atoms with Crippen LogP contribution in [0.4, 0.5) is 13.2 Å². The maximum absolute atomic E-state index is 12.5. The topological polar surface area (TPSA) is 33.1 Å². The van der Waals surface area contributed by atoms with Gasteiger partial charge in [0.1, 0.15) is 0 Å². The molecule has 84 valence electrons. The number of nitrogens with zero attached hydrogens (tertiary/aromatic N) is 1. The second-order valence-corrected chi connectivity index (χ2v) is 3.38. The van der Waals surface area contributed by atoms with Crippen molar-refractivity contribution in [3.8, 4) is 0 Å². The molecule has 0 fully saturated rings. The number of aliphatic hydroxyl groups is 1. The molecule has 0 saturated carbocycles. The van der Waals surface area contributed by atoms with Crippen molar-refractivity contribution < 1.29 is 18.3 Å². The molecule has 0 aliphatic heterocycles. The van der Waals surface area contributed by atoms with Gasteiger partial charge in [0.25, 0.3) is 0 Å². The molecule has 2 nitrogen and oxygen atoms in total. The molecule has 0 bridgehead atoms. The van der Waals surface area contributed by atoms with E-state index in [1.54, 1.807) is 12.1 Å². The molecule has 1 heterocycles. The highest BCUT2D eigenvalue weighted by molar-refractivity contribution is 5.08. The van der Waals surface area contributed by atoms with Crippen LogP contribution in [0.1, 0.15) is 19.0 Å². The van der Waals surface area contributed by atoms with Crippen molar-refractivity contribution in [1.29, 1.82) is 0 Å². The number of rotatable bonds is 3. The zero-order valence-corrected chi connectivity index (χ0v) is 8.25. The van der Waals surface area contributed by atoms with Gasteiger partial charge in [-0.25, -0.2) is 0 Å². The lowest BCUT2D eigenvalue weighted by Crippen LogP contribution is -2.46. The molecule has 1 rings (SSSR count). The molecule has 1 unspecified atom stereocenters. The normalized spacial score (nSPS) is 16.1. The van der Waals surface area contributed by atoms with Gasteiger partial charge in [0, 0.05) is 18.3 Å². The molecule has 0 radical (unpaired) electrons. The van der Waals surface area contributed by atoms with E-state index in [1.807, 2.05) is 0 Å². The predicted molar refractivity (Wildman–Crippen MR) is 49.2 cm³/mol. The Labute approximate surface area is 85.8 Å². The number of aromatic nitrogens is 1. The number of pyridine rings is 1. The van der Waals surface area contributed by atoms with Crippen LogP contribution in [0.3, 0.4) is 0 Å². The van der Waals surface area contributed by atoms with E-state index in [0.29, 0.717) is 0 Å². The lowest BCUT2D eigenvalue weighted by molar-refractivity contribution is -0.260. The zero-order chi connectivity index (χ0) is 11.5. The summed E-state index contributed by atoms with van der Waals surface area (Å²) >= 11 is 0. The van der Waals surface area contributed by atoms with Crippen molar-refractivity contribution in [3.05, 3.63) is 30.1 Å². The quantitative estimate of drug-likeness (QED) is 0.846. The van der Waals surface area contributed by atoms with E-state index in [0.717, 1.165) is 0 Å². The Hall–Kier alpha value is -1.10. The van der Waals surface area contributed by atoms with Crippen molar-refractivity contribution in [3.63, 3.8) is 0 Å². The minimum atomic E-state index is -4.63. The fourth-order valence-electron chi connectivity index (χ4n) is 1.23. The number of alkyl halides is 3. The van der Waals surface area contributed by atoms with Gasteiger partial charge in [-0.2, -0.15) is 13.2 Å². The van der Waals surface area contributed by atoms with Crippen molar-refractivity contribution in [2.45, 2.75) is 31.5 Å². The predicted octanol–water partition coefficient (Wildman–Crippen LogP) is 2.33. The van der Waals surface area contributed by atoms with Crippen LogP contribution in [-0.4, -0.2) is 21.9 Å². The molecule has 0 aromatic carbocycles. The van der Waals surface area contributed by atoms with Crippen molar-refractivity contribution in [2.24, 2.45) is 0 Å². The number of halogens is 3. The van der Waals surface area contributed by atoms with Gasteiger partial charge in [-0.05, 0) is 18.6 Å². The Kier molecular flexibility index (Phi) is 3.34. The van der Waals surface area contributed by atoms with E-state index in [1.165, 1.54) is 19.2 Å². The zero-order valence-electron chi connectivity index (χ0n) is 8.25. The summed E-state index contributed by atoms with van der Waals surface area (Å²) in [5, 5.41) is 9.44. The summed E-state index contributed by atoms with van der Waals surface area (Å²) in [5.41, 5.74) is -2.44. The molecular weight excluding hydrogens is 207 g/mol. The maximum Gasteiger partial charge on any atom is 0.417 e. The standard InChI is InChI=1S/C10H12F3NO/c1-2-9(15,10(11,12)13)7-8-5-3-4-6-14-8/h3-6,15H,2,7H2,1H3. The average Bonchev–Trinajstić information content (AvgIpc) is 2.17. The van der Waals surface area contributed by atoms with Gasteiger partial charge in [0.2, 0.25) is 0 Å². The smallest absolute Gasteiger partial charge is 0.380 e. The summed E-state index contributed by atoms with van der Waals surface area (Å²) in [7, 11) is 0. The highest BCUT2D eigenvalue weighted by Gasteiger charge is 2.52. The first-order chi connectivity index (χ1) is 6.89. The van der Waals surface area contributed by atoms with Crippen LogP contribution in [0.2, 0.25) is 0 Å². The largest absolute Gasteiger partial charge is 0.417 e. The molecular formula is C10H12F3NO. The van der Waals surface area contributed by atoms with Crippen LogP contribution in [-0.2, 0) is 6.42 Å². The average molecular weight is 219 g/mol. The minimum absolute atomic E-state index is 0.235. The van der Waals surface area contributed by atoms with Crippen LogP contribution in [0, 0.1) is 0 Å². The van der Waals surface area contributed by atoms with Crippen LogP contribution in [0.25, 0.3) is 0 Å². The Morgan fingerprint density at radius 3 is 2.40 bits per heavy atom. The van der Waals surface area contributed by atoms with Gasteiger partial charge >= 0.3 is 6.18 Å². The summed E-state index contributed by atoms with van der Waals surface area (Å²) in [6, 6.07) is 4.67. The Morgan fingerprint density at radius 2 is 2.00 bits per heavy atom. The molecule has 15 heavy (non-hydrogen) atoms. The van der Waals surface area contributed by atoms with E-state index in [-0.39, 0.29) is 12.1 Å². The van der Waals surface area contributed by atoms with Crippen LogP contribution < -0.4 is 0 Å². The number of hydrogen-bond donors (Lipinski definition) is 1. The third-order valence-corrected chi connectivity index (χ3v) is 2.31. The summed E-state index contributed by atoms with van der Waals surface area (Å²) < 4.78 is 37.5. The molecule has 0 amide bonds. The van der Waals surface area contributed by atoms with Gasteiger partial charge in [0.05, 0.1) is 0 Å². The van der Waals surface area contributed by atoms with E-state index < -0.39 is 18.2 Å². The summed E-state index contributed by atoms with van der Waals surface area (Å²) in [6.45, 7) is 1.30. The van der Waals surface area contributed by atoms with Crippen LogP contribution in [0.5, 0.6) is 0 Å². The van der Waals surface area contributed by atoms with Crippen molar-refractivity contribution in [1.82, 2.24) is 4.98 Å². The molecule has 5 heteroatoms. The molecule has 0 aliphatic carbocycles. The third kappa shape index (κ3) is 2.68. The minimum Gasteiger partial charge on any atom is -0.380 e. The van der Waals surface area contributed by atoms with Gasteiger partial charge in [-0.1, -0.05) is 13.0 Å². The summed E-state index contributed by atoms with van der Waals surface area (Å²) in [6.07, 6.45) is -4.11. The summed E-state index contributed by atoms with van der Waals surface area (Å²) in [4.78, 5) is 3.77. The first-order valence-electron chi connectivity index (χ1n) is 4.58. The van der Waals surface area contributed by atoms with E-state index in [9.17, 15) is 18.3 Å². The second-order valence-electron chi connectivity index (χ2n) is 3.38. The molecule has 1 aromatic rings. The highest BCUT2D eigenvalue weighted by atomic mass is 19.4. The molecule has 1 aromatic heterocycles. The Balaban J connectivity index is 2.87. The Morgan fingerprint density at radius 1 is 1.33 bits per heavy atom. The molecule has 0 saturated heterocycles. The van der Waals surface area contributed by atoms with E-state index in [2.05, 4.69) is 4.98 Å². The van der Waals surface area contributed by atoms with Gasteiger partial charge in [-0.15, -0.1) is 0 Å². The first-order valence-corrected chi connectivity index (χ1v) is 4.58. The van der Waals surface area contributed by atoms with E-state index >= 15 is 0 Å². The SMILES string of the molecule is CCC(O)(Cc1ccccn1)C(F)(F)F. The van der Waals surface area contributed by atoms with Crippen molar-refractivity contribution in [2.75, 3.05) is 0 Å². The monoisotopic (exact) mass is 219 g/mol. The van der Waals surface area contributed by atoms with Crippen LogP contribution >= 0.6 is 0 Å². The lowest BCUT2D eigenvalue weighted by Gasteiger charge is -2.28. The number of hydrogen-bond acceptors (Lipinski definition) is 2. The van der Waals surface area contributed by atoms with Gasteiger partial charge < -0.3 is 5.11 Å². The van der Waals surface area contributed by atoms with Gasteiger partial charge in [-0.3, -0.25) is 4.98 Å².